The Morgan fingerprint density at radius 2 is 1.13 bits per heavy atom. The Hall–Kier alpha value is -1.79. The van der Waals surface area contributed by atoms with Gasteiger partial charge < -0.3 is 0 Å². The van der Waals surface area contributed by atoms with Crippen molar-refractivity contribution in [3.05, 3.63) is 0 Å². The van der Waals surface area contributed by atoms with Crippen LogP contribution < -0.4 is 0 Å². The molecule has 0 bridgehead atoms. The Bertz CT molecular complexity index is 494. The molecule has 0 amide bonds. The van der Waals surface area contributed by atoms with Gasteiger partial charge in [-0.1, -0.05) is 0 Å². The minimum atomic E-state index is -6.79. The van der Waals surface area contributed by atoms with E-state index in [1.807, 2.05) is 0 Å². The SMILES string of the molecule is N#CC(C#N)(CC(F)(F)F)CC(F)(F)C(F)(F)C(F)(F)C(F)F. The first-order valence-corrected chi connectivity index (χ1v) is 5.29. The third-order valence-electron chi connectivity index (χ3n) is 2.61. The zero-order valence-electron chi connectivity index (χ0n) is 10.5. The van der Waals surface area contributed by atoms with Crippen molar-refractivity contribution < 1.29 is 48.3 Å². The molecule has 0 rings (SSSR count). The highest BCUT2D eigenvalue weighted by molar-refractivity contribution is 5.18. The standard InChI is InChI=1S/C10H5F11N2/c11-5(12)9(18,19)10(20,21)7(13,14)1-6(3-22,4-23)2-8(15,16)17/h5H,1-2H2. The third-order valence-corrected chi connectivity index (χ3v) is 2.61. The normalized spacial score (nSPS) is 14.5. The highest BCUT2D eigenvalue weighted by Crippen LogP contribution is 2.53. The lowest BCUT2D eigenvalue weighted by atomic mass is 9.79. The van der Waals surface area contributed by atoms with Gasteiger partial charge in [0.1, 0.15) is 0 Å². The van der Waals surface area contributed by atoms with Crippen molar-refractivity contribution in [3.8, 4) is 12.1 Å². The van der Waals surface area contributed by atoms with Crippen LogP contribution in [0.3, 0.4) is 0 Å². The summed E-state index contributed by atoms with van der Waals surface area (Å²) in [5.74, 6) is -19.6. The van der Waals surface area contributed by atoms with Gasteiger partial charge in [0.25, 0.3) is 0 Å². The molecule has 23 heavy (non-hydrogen) atoms. The average molecular weight is 362 g/mol. The van der Waals surface area contributed by atoms with Gasteiger partial charge in [-0.05, 0) is 0 Å². The van der Waals surface area contributed by atoms with Crippen LogP contribution in [-0.4, -0.2) is 30.4 Å². The van der Waals surface area contributed by atoms with Gasteiger partial charge in [-0.25, -0.2) is 8.78 Å². The fraction of sp³-hybridized carbons (Fsp3) is 0.800. The molecule has 0 heterocycles. The number of rotatable bonds is 6. The number of alkyl halides is 11. The van der Waals surface area contributed by atoms with E-state index in [0.29, 0.717) is 12.1 Å². The molecular formula is C10H5F11N2. The van der Waals surface area contributed by atoms with Gasteiger partial charge in [0.2, 0.25) is 0 Å². The van der Waals surface area contributed by atoms with E-state index in [-0.39, 0.29) is 0 Å². The number of hydrogen-bond donors (Lipinski definition) is 0. The zero-order chi connectivity index (χ0) is 18.9. The molecule has 0 aliphatic heterocycles. The first kappa shape index (κ1) is 21.2. The lowest BCUT2D eigenvalue weighted by Crippen LogP contribution is -2.58. The van der Waals surface area contributed by atoms with E-state index >= 15 is 0 Å². The summed E-state index contributed by atoms with van der Waals surface area (Å²) in [5, 5.41) is 16.8. The van der Waals surface area contributed by atoms with Crippen molar-refractivity contribution in [1.29, 1.82) is 10.5 Å². The van der Waals surface area contributed by atoms with Crippen LogP contribution in [0.15, 0.2) is 0 Å². The molecular weight excluding hydrogens is 357 g/mol. The maximum Gasteiger partial charge on any atom is 0.391 e. The second-order valence-corrected chi connectivity index (χ2v) is 4.48. The Labute approximate surface area is 121 Å². The molecule has 132 valence electrons. The Morgan fingerprint density at radius 3 is 1.39 bits per heavy atom. The molecule has 2 nitrogen and oxygen atoms in total. The third kappa shape index (κ3) is 4.14. The molecule has 0 N–H and O–H groups in total. The zero-order valence-corrected chi connectivity index (χ0v) is 10.5. The average Bonchev–Trinajstić information content (AvgIpc) is 2.35. The van der Waals surface area contributed by atoms with Crippen LogP contribution in [0.25, 0.3) is 0 Å². The van der Waals surface area contributed by atoms with E-state index < -0.39 is 48.6 Å². The van der Waals surface area contributed by atoms with Crippen LogP contribution in [0.5, 0.6) is 0 Å². The van der Waals surface area contributed by atoms with Crippen LogP contribution in [-0.2, 0) is 0 Å². The second kappa shape index (κ2) is 6.02. The van der Waals surface area contributed by atoms with Gasteiger partial charge in [-0.2, -0.15) is 50.0 Å². The lowest BCUT2D eigenvalue weighted by Gasteiger charge is -2.34. The first-order chi connectivity index (χ1) is 9.98. The van der Waals surface area contributed by atoms with Crippen molar-refractivity contribution in [2.24, 2.45) is 5.41 Å². The van der Waals surface area contributed by atoms with E-state index in [2.05, 4.69) is 0 Å². The van der Waals surface area contributed by atoms with Crippen molar-refractivity contribution in [2.75, 3.05) is 0 Å². The molecule has 0 aromatic rings. The lowest BCUT2D eigenvalue weighted by molar-refractivity contribution is -0.343. The topological polar surface area (TPSA) is 47.6 Å². The molecule has 0 unspecified atom stereocenters. The molecule has 0 aliphatic rings. The predicted octanol–water partition coefficient (Wildman–Crippen LogP) is 4.53. The van der Waals surface area contributed by atoms with Gasteiger partial charge in [0.15, 0.2) is 5.41 Å². The molecule has 0 radical (unpaired) electrons. The molecule has 0 saturated heterocycles. The highest BCUT2D eigenvalue weighted by atomic mass is 19.4. The van der Waals surface area contributed by atoms with Crippen LogP contribution in [0.1, 0.15) is 12.8 Å². The van der Waals surface area contributed by atoms with E-state index in [4.69, 9.17) is 10.5 Å². The summed E-state index contributed by atoms with van der Waals surface area (Å²) in [6.07, 6.45) is -16.4. The van der Waals surface area contributed by atoms with E-state index in [0.717, 1.165) is 0 Å². The molecule has 0 aromatic heterocycles. The molecule has 0 fully saturated rings. The number of hydrogen-bond acceptors (Lipinski definition) is 2. The predicted molar refractivity (Wildman–Crippen MR) is 49.8 cm³/mol. The Balaban J connectivity index is 5.86. The fourth-order valence-corrected chi connectivity index (χ4v) is 1.46. The van der Waals surface area contributed by atoms with Crippen molar-refractivity contribution in [2.45, 2.75) is 43.2 Å². The Kier molecular flexibility index (Phi) is 5.55. The van der Waals surface area contributed by atoms with Gasteiger partial charge in [0, 0.05) is 0 Å². The van der Waals surface area contributed by atoms with Crippen LogP contribution in [0.4, 0.5) is 48.3 Å². The molecule has 0 spiro atoms. The van der Waals surface area contributed by atoms with Crippen molar-refractivity contribution in [3.63, 3.8) is 0 Å². The minimum absolute atomic E-state index is 0.404. The second-order valence-electron chi connectivity index (χ2n) is 4.48. The summed E-state index contributed by atoms with van der Waals surface area (Å²) in [6.45, 7) is 0. The maximum absolute atomic E-state index is 13.3. The number of halogens is 11. The summed E-state index contributed by atoms with van der Waals surface area (Å²) in [4.78, 5) is 0. The van der Waals surface area contributed by atoms with Crippen LogP contribution >= 0.6 is 0 Å². The monoisotopic (exact) mass is 362 g/mol. The first-order valence-electron chi connectivity index (χ1n) is 5.29. The molecule has 13 heteroatoms. The number of nitriles is 2. The Morgan fingerprint density at radius 1 is 0.739 bits per heavy atom. The van der Waals surface area contributed by atoms with Gasteiger partial charge >= 0.3 is 30.4 Å². The van der Waals surface area contributed by atoms with E-state index in [9.17, 15) is 48.3 Å². The summed E-state index contributed by atoms with van der Waals surface area (Å²) in [7, 11) is 0. The summed E-state index contributed by atoms with van der Waals surface area (Å²) < 4.78 is 138. The summed E-state index contributed by atoms with van der Waals surface area (Å²) in [6, 6.07) is 0.808. The van der Waals surface area contributed by atoms with Crippen molar-refractivity contribution >= 4 is 0 Å². The molecule has 0 aromatic carbocycles. The minimum Gasteiger partial charge on any atom is -0.203 e. The molecule has 0 saturated carbocycles. The maximum atomic E-state index is 13.3. The molecule has 0 aliphatic carbocycles. The van der Waals surface area contributed by atoms with Crippen molar-refractivity contribution in [1.82, 2.24) is 0 Å². The van der Waals surface area contributed by atoms with E-state index in [1.54, 1.807) is 0 Å². The van der Waals surface area contributed by atoms with E-state index in [1.165, 1.54) is 0 Å². The van der Waals surface area contributed by atoms with Gasteiger partial charge in [-0.3, -0.25) is 0 Å². The fourth-order valence-electron chi connectivity index (χ4n) is 1.46. The van der Waals surface area contributed by atoms with Gasteiger partial charge in [0.05, 0.1) is 25.0 Å². The smallest absolute Gasteiger partial charge is 0.203 e. The highest BCUT2D eigenvalue weighted by Gasteiger charge is 2.76. The quantitative estimate of drug-likeness (QED) is 0.652. The summed E-state index contributed by atoms with van der Waals surface area (Å²) >= 11 is 0. The molecule has 0 atom stereocenters. The van der Waals surface area contributed by atoms with Gasteiger partial charge in [-0.15, -0.1) is 0 Å². The summed E-state index contributed by atoms with van der Waals surface area (Å²) in [5.41, 5.74) is -3.86. The van der Waals surface area contributed by atoms with Crippen LogP contribution in [0, 0.1) is 28.1 Å². The van der Waals surface area contributed by atoms with Crippen LogP contribution in [0.2, 0.25) is 0 Å². The largest absolute Gasteiger partial charge is 0.391 e. The number of nitrogens with zero attached hydrogens (tertiary/aromatic N) is 2.